The molecule has 212 valence electrons. The molecule has 1 fully saturated rings. The van der Waals surface area contributed by atoms with E-state index in [1.54, 1.807) is 25.2 Å². The van der Waals surface area contributed by atoms with Gasteiger partial charge in [-0.1, -0.05) is 19.9 Å². The van der Waals surface area contributed by atoms with Gasteiger partial charge in [-0.2, -0.15) is 13.2 Å². The van der Waals surface area contributed by atoms with Crippen LogP contribution in [-0.2, 0) is 12.7 Å². The van der Waals surface area contributed by atoms with Crippen LogP contribution in [0.2, 0.25) is 0 Å². The van der Waals surface area contributed by atoms with Gasteiger partial charge in [0.2, 0.25) is 0 Å². The van der Waals surface area contributed by atoms with Crippen molar-refractivity contribution in [1.82, 2.24) is 4.90 Å². The molecule has 2 aromatic carbocycles. The molecule has 1 saturated heterocycles. The Morgan fingerprint density at radius 1 is 1.15 bits per heavy atom. The Kier molecular flexibility index (Phi) is 11.6. The SMILES string of the molecule is CC.CN=CC(=C\N)/C(N)=C/N(N)c1cc(NC(=O)c2cc(CN3CCCC3)cc(C(F)(F)F)c2)ccc1C. The van der Waals surface area contributed by atoms with Crippen molar-refractivity contribution in [2.75, 3.05) is 30.5 Å². The number of hydrogen-bond donors (Lipinski definition) is 4. The number of carbonyl (C=O) groups excluding carboxylic acids is 1. The van der Waals surface area contributed by atoms with Crippen molar-refractivity contribution in [2.24, 2.45) is 22.3 Å². The Morgan fingerprint density at radius 2 is 1.82 bits per heavy atom. The molecule has 1 aliphatic rings. The highest BCUT2D eigenvalue weighted by atomic mass is 19.4. The number of rotatable bonds is 8. The van der Waals surface area contributed by atoms with Gasteiger partial charge < -0.3 is 16.8 Å². The zero-order valence-corrected chi connectivity index (χ0v) is 22.8. The van der Waals surface area contributed by atoms with Gasteiger partial charge in [-0.15, -0.1) is 0 Å². The lowest BCUT2D eigenvalue weighted by molar-refractivity contribution is -0.137. The molecule has 7 N–H and O–H groups in total. The van der Waals surface area contributed by atoms with Gasteiger partial charge in [0, 0.05) is 49.0 Å². The van der Waals surface area contributed by atoms with Gasteiger partial charge in [-0.25, -0.2) is 5.84 Å². The number of hydrazine groups is 1. The molecular weight excluding hydrogens is 507 g/mol. The maximum Gasteiger partial charge on any atom is 0.416 e. The van der Waals surface area contributed by atoms with Gasteiger partial charge in [0.25, 0.3) is 5.91 Å². The first-order valence-electron chi connectivity index (χ1n) is 12.7. The summed E-state index contributed by atoms with van der Waals surface area (Å²) in [5, 5.41) is 3.95. The van der Waals surface area contributed by atoms with Crippen molar-refractivity contribution < 1.29 is 18.0 Å². The third kappa shape index (κ3) is 8.86. The lowest BCUT2D eigenvalue weighted by Gasteiger charge is -2.20. The molecule has 11 heteroatoms. The van der Waals surface area contributed by atoms with E-state index in [1.807, 2.05) is 20.8 Å². The van der Waals surface area contributed by atoms with Crippen LogP contribution in [0.15, 0.2) is 65.1 Å². The van der Waals surface area contributed by atoms with E-state index in [9.17, 15) is 18.0 Å². The van der Waals surface area contributed by atoms with Crippen LogP contribution in [0, 0.1) is 6.92 Å². The summed E-state index contributed by atoms with van der Waals surface area (Å²) in [5.41, 5.74) is 13.5. The zero-order valence-electron chi connectivity index (χ0n) is 22.8. The maximum atomic E-state index is 13.6. The topological polar surface area (TPSA) is 126 Å². The predicted molar refractivity (Wildman–Crippen MR) is 152 cm³/mol. The van der Waals surface area contributed by atoms with E-state index < -0.39 is 17.6 Å². The normalized spacial score (nSPS) is 14.8. The number of halogens is 3. The smallest absolute Gasteiger partial charge is 0.404 e. The summed E-state index contributed by atoms with van der Waals surface area (Å²) in [7, 11) is 1.58. The third-order valence-corrected chi connectivity index (χ3v) is 5.99. The van der Waals surface area contributed by atoms with Crippen molar-refractivity contribution in [3.05, 3.63) is 82.3 Å². The van der Waals surface area contributed by atoms with Gasteiger partial charge in [0.15, 0.2) is 0 Å². The second-order valence-electron chi connectivity index (χ2n) is 8.86. The van der Waals surface area contributed by atoms with Gasteiger partial charge in [-0.05, 0) is 74.3 Å². The van der Waals surface area contributed by atoms with Crippen LogP contribution in [0.3, 0.4) is 0 Å². The molecule has 0 saturated carbocycles. The Labute approximate surface area is 228 Å². The number of aryl methyl sites for hydroxylation is 1. The monoisotopic (exact) mass is 545 g/mol. The van der Waals surface area contributed by atoms with Crippen molar-refractivity contribution in [3.63, 3.8) is 0 Å². The van der Waals surface area contributed by atoms with E-state index >= 15 is 0 Å². The molecular formula is C28H38F3N7O. The number of alkyl halides is 3. The molecule has 0 radical (unpaired) electrons. The molecule has 0 bridgehead atoms. The fraction of sp³-hybridized carbons (Fsp3) is 0.357. The maximum absolute atomic E-state index is 13.6. The Morgan fingerprint density at radius 3 is 2.41 bits per heavy atom. The predicted octanol–water partition coefficient (Wildman–Crippen LogP) is 4.91. The first kappa shape index (κ1) is 31.4. The lowest BCUT2D eigenvalue weighted by atomic mass is 10.0. The molecule has 1 heterocycles. The summed E-state index contributed by atoms with van der Waals surface area (Å²) in [4.78, 5) is 19.0. The standard InChI is InChI=1S/C26H32F3N7O.C2H6/c1-17-5-6-22(12-24(17)36(32)16-23(31)20(13-30)14-33-2)34-25(37)19-9-18(15-35-7-3-4-8-35)10-21(11-19)26(27,28)29;1-2/h5-6,9-14,16H,3-4,7-8,15,30-32H2,1-2H3,(H,34,37);1-2H3/b20-13+,23-16-,33-14?;. The Hall–Kier alpha value is -3.83. The zero-order chi connectivity index (χ0) is 29.2. The van der Waals surface area contributed by atoms with Crippen LogP contribution in [-0.4, -0.2) is 37.2 Å². The molecule has 2 aromatic rings. The minimum atomic E-state index is -4.57. The number of carbonyl (C=O) groups is 1. The van der Waals surface area contributed by atoms with Crippen LogP contribution < -0.4 is 27.6 Å². The van der Waals surface area contributed by atoms with Gasteiger partial charge in [0.1, 0.15) is 0 Å². The minimum Gasteiger partial charge on any atom is -0.404 e. The highest BCUT2D eigenvalue weighted by Crippen LogP contribution is 2.32. The molecule has 39 heavy (non-hydrogen) atoms. The number of hydrogen-bond acceptors (Lipinski definition) is 7. The number of nitrogens with two attached hydrogens (primary N) is 3. The van der Waals surface area contributed by atoms with Crippen LogP contribution in [0.4, 0.5) is 24.5 Å². The molecule has 0 spiro atoms. The fourth-order valence-corrected chi connectivity index (χ4v) is 4.09. The summed E-state index contributed by atoms with van der Waals surface area (Å²) in [6.45, 7) is 7.82. The van der Waals surface area contributed by atoms with Crippen molar-refractivity contribution >= 4 is 23.5 Å². The summed E-state index contributed by atoms with van der Waals surface area (Å²) < 4.78 is 40.7. The van der Waals surface area contributed by atoms with Crippen molar-refractivity contribution in [1.29, 1.82) is 0 Å². The van der Waals surface area contributed by atoms with E-state index in [0.29, 0.717) is 29.1 Å². The van der Waals surface area contributed by atoms with Gasteiger partial charge in [0.05, 0.1) is 16.9 Å². The third-order valence-electron chi connectivity index (χ3n) is 5.99. The van der Waals surface area contributed by atoms with Crippen LogP contribution >= 0.6 is 0 Å². The Bertz CT molecular complexity index is 1220. The van der Waals surface area contributed by atoms with E-state index in [0.717, 1.165) is 43.6 Å². The number of amides is 1. The number of nitrogens with one attached hydrogen (secondary N) is 1. The number of anilines is 2. The molecule has 0 atom stereocenters. The summed E-state index contributed by atoms with van der Waals surface area (Å²) >= 11 is 0. The van der Waals surface area contributed by atoms with Crippen molar-refractivity contribution in [2.45, 2.75) is 46.3 Å². The first-order valence-corrected chi connectivity index (χ1v) is 12.7. The molecule has 0 aliphatic carbocycles. The highest BCUT2D eigenvalue weighted by Gasteiger charge is 2.32. The molecule has 1 amide bonds. The number of aliphatic imine (C=N–C) groups is 1. The van der Waals surface area contributed by atoms with E-state index in [-0.39, 0.29) is 11.3 Å². The Balaban J connectivity index is 0.00000260. The molecule has 0 aromatic heterocycles. The first-order chi connectivity index (χ1) is 18.5. The molecule has 0 unspecified atom stereocenters. The summed E-state index contributed by atoms with van der Waals surface area (Å²) in [6, 6.07) is 8.46. The minimum absolute atomic E-state index is 0.0727. The average Bonchev–Trinajstić information content (AvgIpc) is 3.41. The van der Waals surface area contributed by atoms with Crippen molar-refractivity contribution in [3.8, 4) is 0 Å². The van der Waals surface area contributed by atoms with E-state index in [4.69, 9.17) is 17.3 Å². The number of benzene rings is 2. The number of likely N-dealkylation sites (tertiary alicyclic amines) is 1. The second kappa shape index (κ2) is 14.4. The van der Waals surface area contributed by atoms with Gasteiger partial charge >= 0.3 is 6.18 Å². The van der Waals surface area contributed by atoms with Crippen LogP contribution in [0.5, 0.6) is 0 Å². The van der Waals surface area contributed by atoms with E-state index in [2.05, 4.69) is 15.2 Å². The molecule has 1 aliphatic heterocycles. The summed E-state index contributed by atoms with van der Waals surface area (Å²) in [6.07, 6.45) is 1.68. The number of nitrogens with zero attached hydrogens (tertiary/aromatic N) is 3. The van der Waals surface area contributed by atoms with Gasteiger partial charge in [-0.3, -0.25) is 19.7 Å². The fourth-order valence-electron chi connectivity index (χ4n) is 4.09. The summed E-state index contributed by atoms with van der Waals surface area (Å²) in [5.74, 6) is 5.53. The quantitative estimate of drug-likeness (QED) is 0.162. The number of allylic oxidation sites excluding steroid dienone is 1. The molecule has 8 nitrogen and oxygen atoms in total. The highest BCUT2D eigenvalue weighted by molar-refractivity contribution is 6.04. The largest absolute Gasteiger partial charge is 0.416 e. The average molecular weight is 546 g/mol. The van der Waals surface area contributed by atoms with Crippen LogP contribution in [0.1, 0.15) is 53.7 Å². The van der Waals surface area contributed by atoms with E-state index in [1.165, 1.54) is 29.7 Å². The second-order valence-corrected chi connectivity index (χ2v) is 8.86. The molecule has 3 rings (SSSR count). The van der Waals surface area contributed by atoms with Crippen LogP contribution in [0.25, 0.3) is 0 Å². The lowest BCUT2D eigenvalue weighted by Crippen LogP contribution is -2.27.